The summed E-state index contributed by atoms with van der Waals surface area (Å²) in [5, 5.41) is 2.91. The van der Waals surface area contributed by atoms with E-state index in [1.165, 1.54) is 0 Å². The van der Waals surface area contributed by atoms with Crippen LogP contribution < -0.4 is 15.1 Å². The molecule has 0 bridgehead atoms. The Morgan fingerprint density at radius 2 is 1.73 bits per heavy atom. The average Bonchev–Trinajstić information content (AvgIpc) is 2.63. The van der Waals surface area contributed by atoms with Crippen LogP contribution in [0.5, 0.6) is 0 Å². The highest BCUT2D eigenvalue weighted by atomic mass is 16.5. The molecule has 1 aliphatic rings. The largest absolute Gasteiger partial charge is 0.378 e. The van der Waals surface area contributed by atoms with Crippen molar-refractivity contribution in [1.29, 1.82) is 0 Å². The molecule has 26 heavy (non-hydrogen) atoms. The second-order valence-corrected chi connectivity index (χ2v) is 6.57. The Hall–Kier alpha value is -2.12. The van der Waals surface area contributed by atoms with Crippen LogP contribution in [0.2, 0.25) is 0 Å². The molecule has 0 radical (unpaired) electrons. The fraction of sp³-hybridized carbons (Fsp3) is 0.579. The fourth-order valence-electron chi connectivity index (χ4n) is 3.07. The van der Waals surface area contributed by atoms with Crippen LogP contribution in [-0.2, 0) is 14.3 Å². The lowest BCUT2D eigenvalue weighted by Gasteiger charge is -2.28. The number of hydrogen-bond acceptors (Lipinski definition) is 4. The van der Waals surface area contributed by atoms with Crippen LogP contribution in [0.3, 0.4) is 0 Å². The van der Waals surface area contributed by atoms with Crippen molar-refractivity contribution in [2.24, 2.45) is 0 Å². The zero-order valence-corrected chi connectivity index (χ0v) is 16.1. The normalized spacial score (nSPS) is 15.4. The zero-order valence-electron chi connectivity index (χ0n) is 16.1. The van der Waals surface area contributed by atoms with Crippen LogP contribution in [0.15, 0.2) is 24.3 Å². The number of rotatable bonds is 8. The van der Waals surface area contributed by atoms with Gasteiger partial charge in [0.25, 0.3) is 11.8 Å². The van der Waals surface area contributed by atoms with Crippen molar-refractivity contribution in [2.75, 3.05) is 69.7 Å². The SMILES string of the molecule is CCN(CC)C(=O)C[NH+](C)CC(=O)Nc1ccc(N2CCOCC2)cc1. The van der Waals surface area contributed by atoms with Gasteiger partial charge in [-0.3, -0.25) is 9.59 Å². The molecule has 1 heterocycles. The van der Waals surface area contributed by atoms with Gasteiger partial charge in [0, 0.05) is 37.6 Å². The first-order chi connectivity index (χ1) is 12.5. The molecule has 1 fully saturated rings. The maximum absolute atomic E-state index is 12.2. The smallest absolute Gasteiger partial charge is 0.279 e. The molecule has 2 rings (SSSR count). The van der Waals surface area contributed by atoms with E-state index < -0.39 is 0 Å². The number of anilines is 2. The molecule has 0 spiro atoms. The van der Waals surface area contributed by atoms with Crippen molar-refractivity contribution in [3.63, 3.8) is 0 Å². The molecule has 2 N–H and O–H groups in total. The highest BCUT2D eigenvalue weighted by Gasteiger charge is 2.18. The van der Waals surface area contributed by atoms with Crippen molar-refractivity contribution in [3.05, 3.63) is 24.3 Å². The number of amides is 2. The Balaban J connectivity index is 1.80. The van der Waals surface area contributed by atoms with Gasteiger partial charge < -0.3 is 24.8 Å². The van der Waals surface area contributed by atoms with Gasteiger partial charge >= 0.3 is 0 Å². The number of likely N-dealkylation sites (N-methyl/N-ethyl adjacent to an activating group) is 2. The predicted molar refractivity (Wildman–Crippen MR) is 103 cm³/mol. The van der Waals surface area contributed by atoms with Crippen LogP contribution in [0, 0.1) is 0 Å². The van der Waals surface area contributed by atoms with Crippen molar-refractivity contribution in [1.82, 2.24) is 4.90 Å². The number of quaternary nitrogens is 1. The first kappa shape index (κ1) is 20.2. The molecular weight excluding hydrogens is 332 g/mol. The van der Waals surface area contributed by atoms with Gasteiger partial charge in [0.1, 0.15) is 0 Å². The van der Waals surface area contributed by atoms with Crippen LogP contribution >= 0.6 is 0 Å². The van der Waals surface area contributed by atoms with Gasteiger partial charge in [-0.15, -0.1) is 0 Å². The molecular formula is C19H31N4O3+. The number of carbonyl (C=O) groups is 2. The quantitative estimate of drug-likeness (QED) is 0.674. The Morgan fingerprint density at radius 1 is 1.12 bits per heavy atom. The molecule has 0 aromatic heterocycles. The van der Waals surface area contributed by atoms with Crippen LogP contribution in [0.25, 0.3) is 0 Å². The van der Waals surface area contributed by atoms with Gasteiger partial charge in [-0.1, -0.05) is 0 Å². The minimum atomic E-state index is -0.0889. The van der Waals surface area contributed by atoms with E-state index in [-0.39, 0.29) is 18.4 Å². The van der Waals surface area contributed by atoms with Gasteiger partial charge in [0.2, 0.25) is 0 Å². The van der Waals surface area contributed by atoms with Crippen molar-refractivity contribution in [2.45, 2.75) is 13.8 Å². The Labute approximate surface area is 155 Å². The molecule has 2 amide bonds. The monoisotopic (exact) mass is 363 g/mol. The number of nitrogens with one attached hydrogen (secondary N) is 2. The zero-order chi connectivity index (χ0) is 18.9. The van der Waals surface area contributed by atoms with E-state index in [0.29, 0.717) is 19.6 Å². The van der Waals surface area contributed by atoms with E-state index in [9.17, 15) is 9.59 Å². The molecule has 144 valence electrons. The molecule has 1 aromatic carbocycles. The molecule has 7 nitrogen and oxygen atoms in total. The maximum Gasteiger partial charge on any atom is 0.279 e. The van der Waals surface area contributed by atoms with Gasteiger partial charge in [-0.2, -0.15) is 0 Å². The summed E-state index contributed by atoms with van der Waals surface area (Å²) < 4.78 is 5.36. The molecule has 0 saturated carbocycles. The predicted octanol–water partition coefficient (Wildman–Crippen LogP) is -0.155. The van der Waals surface area contributed by atoms with Gasteiger partial charge in [-0.25, -0.2) is 0 Å². The third-order valence-corrected chi connectivity index (χ3v) is 4.56. The van der Waals surface area contributed by atoms with Crippen molar-refractivity contribution >= 4 is 23.2 Å². The minimum absolute atomic E-state index is 0.0789. The highest BCUT2D eigenvalue weighted by Crippen LogP contribution is 2.18. The lowest BCUT2D eigenvalue weighted by Crippen LogP contribution is -3.11. The third-order valence-electron chi connectivity index (χ3n) is 4.56. The average molecular weight is 363 g/mol. The lowest BCUT2D eigenvalue weighted by molar-refractivity contribution is -0.862. The Kier molecular flexibility index (Phi) is 7.87. The van der Waals surface area contributed by atoms with E-state index in [1.807, 2.05) is 45.2 Å². The van der Waals surface area contributed by atoms with Crippen LogP contribution in [-0.4, -0.2) is 76.2 Å². The summed E-state index contributed by atoms with van der Waals surface area (Å²) in [5.74, 6) is -0.0101. The lowest BCUT2D eigenvalue weighted by atomic mass is 10.2. The molecule has 0 aliphatic carbocycles. The number of benzene rings is 1. The second kappa shape index (κ2) is 10.1. The topological polar surface area (TPSA) is 66.3 Å². The summed E-state index contributed by atoms with van der Waals surface area (Å²) in [6, 6.07) is 7.86. The minimum Gasteiger partial charge on any atom is -0.378 e. The number of ether oxygens (including phenoxy) is 1. The number of hydrogen-bond donors (Lipinski definition) is 2. The van der Waals surface area contributed by atoms with Crippen LogP contribution in [0.4, 0.5) is 11.4 Å². The van der Waals surface area contributed by atoms with E-state index in [0.717, 1.165) is 42.6 Å². The molecule has 1 saturated heterocycles. The van der Waals surface area contributed by atoms with Gasteiger partial charge in [0.05, 0.1) is 20.3 Å². The summed E-state index contributed by atoms with van der Waals surface area (Å²) in [6.07, 6.45) is 0. The van der Waals surface area contributed by atoms with Crippen molar-refractivity contribution in [3.8, 4) is 0 Å². The van der Waals surface area contributed by atoms with E-state index >= 15 is 0 Å². The van der Waals surface area contributed by atoms with E-state index in [2.05, 4.69) is 10.2 Å². The highest BCUT2D eigenvalue weighted by molar-refractivity contribution is 5.91. The summed E-state index contributed by atoms with van der Waals surface area (Å²) in [5.41, 5.74) is 1.91. The molecule has 7 heteroatoms. The fourth-order valence-corrected chi connectivity index (χ4v) is 3.07. The molecule has 1 unspecified atom stereocenters. The Morgan fingerprint density at radius 3 is 2.31 bits per heavy atom. The van der Waals surface area contributed by atoms with Crippen LogP contribution in [0.1, 0.15) is 13.8 Å². The van der Waals surface area contributed by atoms with Crippen molar-refractivity contribution < 1.29 is 19.2 Å². The molecule has 1 aliphatic heterocycles. The second-order valence-electron chi connectivity index (χ2n) is 6.57. The number of carbonyl (C=O) groups excluding carboxylic acids is 2. The van der Waals surface area contributed by atoms with E-state index in [1.54, 1.807) is 4.90 Å². The summed E-state index contributed by atoms with van der Waals surface area (Å²) in [6.45, 7) is 9.19. The summed E-state index contributed by atoms with van der Waals surface area (Å²) in [4.78, 5) is 29.3. The first-order valence-electron chi connectivity index (χ1n) is 9.35. The Bertz CT molecular complexity index is 581. The van der Waals surface area contributed by atoms with Gasteiger partial charge in [-0.05, 0) is 38.1 Å². The summed E-state index contributed by atoms with van der Waals surface area (Å²) in [7, 11) is 1.86. The number of morpholine rings is 1. The number of nitrogens with zero attached hydrogens (tertiary/aromatic N) is 2. The first-order valence-corrected chi connectivity index (χ1v) is 9.35. The third kappa shape index (κ3) is 6.00. The molecule has 1 aromatic rings. The molecule has 1 atom stereocenters. The summed E-state index contributed by atoms with van der Waals surface area (Å²) >= 11 is 0. The van der Waals surface area contributed by atoms with Gasteiger partial charge in [0.15, 0.2) is 13.1 Å². The van der Waals surface area contributed by atoms with E-state index in [4.69, 9.17) is 4.74 Å². The maximum atomic E-state index is 12.2. The standard InChI is InChI=1S/C19H30N4O3/c1-4-22(5-2)19(25)15-21(3)14-18(24)20-16-6-8-17(9-7-16)23-10-12-26-13-11-23/h6-9H,4-5,10-15H2,1-3H3,(H,20,24)/p+1.